The predicted molar refractivity (Wildman–Crippen MR) is 87.0 cm³/mol. The Kier molecular flexibility index (Phi) is 5.31. The number of rotatable bonds is 5. The van der Waals surface area contributed by atoms with Crippen molar-refractivity contribution in [1.82, 2.24) is 15.1 Å². The molecule has 2 fully saturated rings. The molecule has 4 nitrogen and oxygen atoms in total. The molecule has 0 bridgehead atoms. The average molecular weight is 295 g/mol. The number of nitrogens with zero attached hydrogens (tertiary/aromatic N) is 2. The Hall–Kier alpha value is -0.610. The van der Waals surface area contributed by atoms with Gasteiger partial charge in [-0.15, -0.1) is 0 Å². The normalized spacial score (nSPS) is 32.4. The molecule has 2 unspecified atom stereocenters. The second kappa shape index (κ2) is 6.66. The Balaban J connectivity index is 1.95. The molecule has 0 aromatic rings. The van der Waals surface area contributed by atoms with Crippen LogP contribution < -0.4 is 5.32 Å². The molecule has 2 atom stereocenters. The van der Waals surface area contributed by atoms with Gasteiger partial charge in [-0.1, -0.05) is 20.8 Å². The van der Waals surface area contributed by atoms with Crippen molar-refractivity contribution in [1.29, 1.82) is 0 Å². The summed E-state index contributed by atoms with van der Waals surface area (Å²) in [5.41, 5.74) is -0.359. The molecule has 0 spiro atoms. The largest absolute Gasteiger partial charge is 0.325 e. The van der Waals surface area contributed by atoms with Crippen LogP contribution in [0.25, 0.3) is 0 Å². The number of likely N-dealkylation sites (tertiary alicyclic amines) is 1. The van der Waals surface area contributed by atoms with Gasteiger partial charge >= 0.3 is 0 Å². The van der Waals surface area contributed by atoms with Crippen LogP contribution in [-0.4, -0.2) is 54.1 Å². The van der Waals surface area contributed by atoms with Crippen molar-refractivity contribution in [3.8, 4) is 0 Å². The predicted octanol–water partition coefficient (Wildman–Crippen LogP) is 2.30. The van der Waals surface area contributed by atoms with Crippen molar-refractivity contribution in [2.24, 2.45) is 11.8 Å². The molecule has 2 aliphatic heterocycles. The van der Waals surface area contributed by atoms with Gasteiger partial charge in [-0.25, -0.2) is 0 Å². The van der Waals surface area contributed by atoms with E-state index in [0.717, 1.165) is 25.3 Å². The maximum Gasteiger partial charge on any atom is 0.243 e. The van der Waals surface area contributed by atoms with Crippen molar-refractivity contribution in [3.05, 3.63) is 0 Å². The fourth-order valence-corrected chi connectivity index (χ4v) is 3.60. The lowest BCUT2D eigenvalue weighted by atomic mass is 9.93. The standard InChI is InChI=1S/C17H33N3O/c1-6-17(4)16(21)20(15(18-17)13(2)3)12-9-14-7-10-19(5)11-8-14/h13-15,18H,6-12H2,1-5H3. The molecule has 2 aliphatic rings. The van der Waals surface area contributed by atoms with Crippen LogP contribution in [0, 0.1) is 11.8 Å². The summed E-state index contributed by atoms with van der Waals surface area (Å²) >= 11 is 0. The summed E-state index contributed by atoms with van der Waals surface area (Å²) in [6, 6.07) is 0. The summed E-state index contributed by atoms with van der Waals surface area (Å²) in [5, 5.41) is 3.58. The zero-order chi connectivity index (χ0) is 15.6. The Bertz CT molecular complexity index is 363. The first-order valence-electron chi connectivity index (χ1n) is 8.64. The fraction of sp³-hybridized carbons (Fsp3) is 0.941. The lowest BCUT2D eigenvalue weighted by molar-refractivity contribution is -0.133. The van der Waals surface area contributed by atoms with Gasteiger partial charge in [0.05, 0.1) is 11.7 Å². The lowest BCUT2D eigenvalue weighted by Crippen LogP contribution is -2.45. The first-order valence-corrected chi connectivity index (χ1v) is 8.64. The second-order valence-electron chi connectivity index (χ2n) is 7.55. The fourth-order valence-electron chi connectivity index (χ4n) is 3.60. The molecular weight excluding hydrogens is 262 g/mol. The second-order valence-corrected chi connectivity index (χ2v) is 7.55. The van der Waals surface area contributed by atoms with Crippen LogP contribution in [0.2, 0.25) is 0 Å². The highest BCUT2D eigenvalue weighted by Gasteiger charge is 2.47. The highest BCUT2D eigenvalue weighted by Crippen LogP contribution is 2.29. The topological polar surface area (TPSA) is 35.6 Å². The molecular formula is C17H33N3O. The quantitative estimate of drug-likeness (QED) is 0.845. The smallest absolute Gasteiger partial charge is 0.243 e. The monoisotopic (exact) mass is 295 g/mol. The van der Waals surface area contributed by atoms with E-state index in [4.69, 9.17) is 0 Å². The highest BCUT2D eigenvalue weighted by atomic mass is 16.2. The van der Waals surface area contributed by atoms with E-state index in [1.165, 1.54) is 25.9 Å². The minimum atomic E-state index is -0.359. The molecule has 1 N–H and O–H groups in total. The van der Waals surface area contributed by atoms with Gasteiger partial charge in [0.1, 0.15) is 0 Å². The first kappa shape index (κ1) is 16.8. The van der Waals surface area contributed by atoms with Gasteiger partial charge in [-0.05, 0) is 64.6 Å². The van der Waals surface area contributed by atoms with E-state index in [9.17, 15) is 4.79 Å². The lowest BCUT2D eigenvalue weighted by Gasteiger charge is -2.32. The van der Waals surface area contributed by atoms with Crippen molar-refractivity contribution in [2.75, 3.05) is 26.7 Å². The number of hydrogen-bond acceptors (Lipinski definition) is 3. The van der Waals surface area contributed by atoms with E-state index in [2.05, 4.69) is 49.9 Å². The zero-order valence-corrected chi connectivity index (χ0v) is 14.5. The Morgan fingerprint density at radius 1 is 1.33 bits per heavy atom. The number of amides is 1. The summed E-state index contributed by atoms with van der Waals surface area (Å²) in [5.74, 6) is 1.55. The average Bonchev–Trinajstić information content (AvgIpc) is 2.72. The van der Waals surface area contributed by atoms with Crippen molar-refractivity contribution in [2.45, 2.75) is 65.1 Å². The van der Waals surface area contributed by atoms with E-state index in [-0.39, 0.29) is 11.7 Å². The summed E-state index contributed by atoms with van der Waals surface area (Å²) in [4.78, 5) is 17.3. The van der Waals surface area contributed by atoms with Gasteiger partial charge in [0.2, 0.25) is 5.91 Å². The van der Waals surface area contributed by atoms with E-state index in [1.807, 2.05) is 0 Å². The van der Waals surface area contributed by atoms with Gasteiger partial charge in [-0.3, -0.25) is 10.1 Å². The molecule has 2 heterocycles. The molecule has 0 aliphatic carbocycles. The van der Waals surface area contributed by atoms with Crippen LogP contribution in [-0.2, 0) is 4.79 Å². The van der Waals surface area contributed by atoms with Gasteiger partial charge in [-0.2, -0.15) is 0 Å². The van der Waals surface area contributed by atoms with Crippen LogP contribution in [0.5, 0.6) is 0 Å². The third-order valence-corrected chi connectivity index (χ3v) is 5.49. The summed E-state index contributed by atoms with van der Waals surface area (Å²) in [7, 11) is 2.20. The van der Waals surface area contributed by atoms with Gasteiger partial charge in [0.15, 0.2) is 0 Å². The van der Waals surface area contributed by atoms with E-state index in [0.29, 0.717) is 11.8 Å². The molecule has 1 amide bonds. The van der Waals surface area contributed by atoms with E-state index in [1.54, 1.807) is 0 Å². The van der Waals surface area contributed by atoms with Gasteiger partial charge < -0.3 is 9.80 Å². The Morgan fingerprint density at radius 2 is 1.95 bits per heavy atom. The zero-order valence-electron chi connectivity index (χ0n) is 14.5. The molecule has 2 saturated heterocycles. The third kappa shape index (κ3) is 3.59. The Labute approximate surface area is 130 Å². The van der Waals surface area contributed by atoms with Crippen LogP contribution >= 0.6 is 0 Å². The molecule has 4 heteroatoms. The van der Waals surface area contributed by atoms with Crippen molar-refractivity contribution in [3.63, 3.8) is 0 Å². The van der Waals surface area contributed by atoms with E-state index < -0.39 is 0 Å². The maximum atomic E-state index is 12.8. The van der Waals surface area contributed by atoms with Crippen molar-refractivity contribution >= 4 is 5.91 Å². The van der Waals surface area contributed by atoms with Crippen LogP contribution in [0.3, 0.4) is 0 Å². The summed E-state index contributed by atoms with van der Waals surface area (Å²) < 4.78 is 0. The van der Waals surface area contributed by atoms with Crippen LogP contribution in [0.1, 0.15) is 53.4 Å². The molecule has 2 rings (SSSR count). The number of hydrogen-bond donors (Lipinski definition) is 1. The van der Waals surface area contributed by atoms with Crippen molar-refractivity contribution < 1.29 is 4.79 Å². The molecule has 0 radical (unpaired) electrons. The molecule has 122 valence electrons. The summed E-state index contributed by atoms with van der Waals surface area (Å²) in [6.45, 7) is 11.9. The van der Waals surface area contributed by atoms with Crippen LogP contribution in [0.15, 0.2) is 0 Å². The van der Waals surface area contributed by atoms with Crippen LogP contribution in [0.4, 0.5) is 0 Å². The first-order chi connectivity index (χ1) is 9.87. The third-order valence-electron chi connectivity index (χ3n) is 5.49. The molecule has 0 aromatic heterocycles. The SMILES string of the molecule is CCC1(C)NC(C(C)C)N(CCC2CCN(C)CC2)C1=O. The maximum absolute atomic E-state index is 12.8. The van der Waals surface area contributed by atoms with E-state index >= 15 is 0 Å². The minimum Gasteiger partial charge on any atom is -0.325 e. The van der Waals surface area contributed by atoms with Gasteiger partial charge in [0, 0.05) is 6.54 Å². The Morgan fingerprint density at radius 3 is 2.48 bits per heavy atom. The molecule has 0 saturated carbocycles. The number of carbonyl (C=O) groups is 1. The highest BCUT2D eigenvalue weighted by molar-refractivity contribution is 5.88. The minimum absolute atomic E-state index is 0.203. The molecule has 0 aromatic carbocycles. The summed E-state index contributed by atoms with van der Waals surface area (Å²) in [6.07, 6.45) is 4.78. The number of nitrogens with one attached hydrogen (secondary N) is 1. The number of piperidine rings is 1. The number of carbonyl (C=O) groups excluding carboxylic acids is 1. The van der Waals surface area contributed by atoms with Gasteiger partial charge in [0.25, 0.3) is 0 Å². The molecule has 21 heavy (non-hydrogen) atoms.